The normalized spacial score (nSPS) is 24.4. The Balaban J connectivity index is 2.25. The Morgan fingerprint density at radius 1 is 1.31 bits per heavy atom. The van der Waals surface area contributed by atoms with E-state index in [1.165, 1.54) is 4.90 Å². The van der Waals surface area contributed by atoms with E-state index < -0.39 is 11.9 Å². The summed E-state index contributed by atoms with van der Waals surface area (Å²) in [6.07, 6.45) is 0.721. The van der Waals surface area contributed by atoms with E-state index in [1.807, 2.05) is 30.3 Å². The van der Waals surface area contributed by atoms with Crippen LogP contribution in [-0.2, 0) is 9.59 Å². The first-order valence-electron chi connectivity index (χ1n) is 5.19. The number of carbonyl (C=O) groups excluding carboxylic acids is 1. The summed E-state index contributed by atoms with van der Waals surface area (Å²) < 4.78 is 0. The molecule has 1 aromatic rings. The van der Waals surface area contributed by atoms with Crippen LogP contribution < -0.4 is 0 Å². The fourth-order valence-electron chi connectivity index (χ4n) is 2.21. The molecule has 1 aromatic carbocycles. The van der Waals surface area contributed by atoms with Crippen LogP contribution in [0.25, 0.3) is 0 Å². The summed E-state index contributed by atoms with van der Waals surface area (Å²) in [6, 6.07) is 9.49. The van der Waals surface area contributed by atoms with Gasteiger partial charge in [0.2, 0.25) is 6.41 Å². The molecule has 1 saturated heterocycles. The molecule has 2 unspecified atom stereocenters. The molecule has 0 aliphatic carbocycles. The first-order chi connectivity index (χ1) is 7.72. The number of likely N-dealkylation sites (tertiary alicyclic amines) is 1. The minimum absolute atomic E-state index is 0.0936. The maximum absolute atomic E-state index is 11.1. The first kappa shape index (κ1) is 10.7. The van der Waals surface area contributed by atoms with Crippen LogP contribution in [0.2, 0.25) is 0 Å². The zero-order valence-corrected chi connectivity index (χ0v) is 8.74. The third-order valence-electron chi connectivity index (χ3n) is 3.04. The largest absolute Gasteiger partial charge is 0.481 e. The maximum atomic E-state index is 11.1. The molecular weight excluding hydrogens is 206 g/mol. The van der Waals surface area contributed by atoms with Crippen molar-refractivity contribution in [2.24, 2.45) is 5.92 Å². The van der Waals surface area contributed by atoms with Gasteiger partial charge in [-0.15, -0.1) is 0 Å². The van der Waals surface area contributed by atoms with Crippen LogP contribution in [0.5, 0.6) is 0 Å². The molecule has 2 rings (SSSR count). The second kappa shape index (κ2) is 4.35. The van der Waals surface area contributed by atoms with E-state index in [9.17, 15) is 9.59 Å². The number of carboxylic acids is 1. The fraction of sp³-hybridized carbons (Fsp3) is 0.333. The Labute approximate surface area is 93.5 Å². The Bertz CT molecular complexity index is 391. The van der Waals surface area contributed by atoms with Gasteiger partial charge in [-0.1, -0.05) is 30.3 Å². The number of carbonyl (C=O) groups is 2. The van der Waals surface area contributed by atoms with Crippen LogP contribution in [0.1, 0.15) is 11.5 Å². The lowest BCUT2D eigenvalue weighted by Crippen LogP contribution is -2.22. The molecule has 1 heterocycles. The van der Waals surface area contributed by atoms with E-state index >= 15 is 0 Å². The van der Waals surface area contributed by atoms with Crippen LogP contribution in [0.15, 0.2) is 30.3 Å². The fourth-order valence-corrected chi connectivity index (χ4v) is 2.21. The number of aliphatic carboxylic acids is 1. The maximum Gasteiger partial charge on any atom is 0.308 e. The van der Waals surface area contributed by atoms with Gasteiger partial charge in [0.05, 0.1) is 5.92 Å². The van der Waals surface area contributed by atoms with Crippen molar-refractivity contribution in [1.29, 1.82) is 0 Å². The van der Waals surface area contributed by atoms with Gasteiger partial charge in [-0.25, -0.2) is 0 Å². The summed E-state index contributed by atoms with van der Waals surface area (Å²) >= 11 is 0. The first-order valence-corrected chi connectivity index (χ1v) is 5.19. The van der Waals surface area contributed by atoms with Crippen LogP contribution in [0, 0.1) is 5.92 Å². The van der Waals surface area contributed by atoms with Crippen LogP contribution in [0.3, 0.4) is 0 Å². The van der Waals surface area contributed by atoms with Crippen molar-refractivity contribution in [2.45, 2.75) is 5.92 Å². The molecule has 1 fully saturated rings. The monoisotopic (exact) mass is 219 g/mol. The van der Waals surface area contributed by atoms with E-state index in [-0.39, 0.29) is 5.92 Å². The summed E-state index contributed by atoms with van der Waals surface area (Å²) in [5, 5.41) is 9.12. The van der Waals surface area contributed by atoms with Crippen LogP contribution in [-0.4, -0.2) is 35.5 Å². The number of hydrogen-bond acceptors (Lipinski definition) is 2. The lowest BCUT2D eigenvalue weighted by molar-refractivity contribution is -0.141. The lowest BCUT2D eigenvalue weighted by Gasteiger charge is -2.14. The summed E-state index contributed by atoms with van der Waals surface area (Å²) in [5.74, 6) is -1.42. The van der Waals surface area contributed by atoms with Gasteiger partial charge < -0.3 is 10.0 Å². The number of benzene rings is 1. The summed E-state index contributed by atoms with van der Waals surface area (Å²) in [6.45, 7) is 0.795. The van der Waals surface area contributed by atoms with E-state index in [1.54, 1.807) is 0 Å². The van der Waals surface area contributed by atoms with Gasteiger partial charge in [-0.3, -0.25) is 9.59 Å². The van der Waals surface area contributed by atoms with Gasteiger partial charge in [0.25, 0.3) is 0 Å². The topological polar surface area (TPSA) is 57.6 Å². The number of hydrogen-bond donors (Lipinski definition) is 1. The Morgan fingerprint density at radius 3 is 2.56 bits per heavy atom. The van der Waals surface area contributed by atoms with E-state index in [0.717, 1.165) is 12.0 Å². The highest BCUT2D eigenvalue weighted by Crippen LogP contribution is 2.31. The molecule has 84 valence electrons. The van der Waals surface area contributed by atoms with Gasteiger partial charge in [-0.2, -0.15) is 0 Å². The second-order valence-corrected chi connectivity index (χ2v) is 4.02. The van der Waals surface area contributed by atoms with E-state index in [0.29, 0.717) is 13.1 Å². The average molecular weight is 219 g/mol. The Hall–Kier alpha value is -1.84. The van der Waals surface area contributed by atoms with Crippen molar-refractivity contribution >= 4 is 12.4 Å². The van der Waals surface area contributed by atoms with Gasteiger partial charge in [-0.05, 0) is 5.56 Å². The number of carboxylic acid groups (broad SMARTS) is 1. The number of amides is 1. The molecule has 1 N–H and O–H groups in total. The molecule has 1 amide bonds. The average Bonchev–Trinajstić information content (AvgIpc) is 2.74. The van der Waals surface area contributed by atoms with E-state index in [2.05, 4.69) is 0 Å². The third kappa shape index (κ3) is 1.91. The minimum Gasteiger partial charge on any atom is -0.481 e. The molecule has 4 nitrogen and oxygen atoms in total. The molecule has 2 atom stereocenters. The highest BCUT2D eigenvalue weighted by atomic mass is 16.4. The van der Waals surface area contributed by atoms with Crippen LogP contribution >= 0.6 is 0 Å². The van der Waals surface area contributed by atoms with Gasteiger partial charge in [0, 0.05) is 19.0 Å². The minimum atomic E-state index is -0.835. The van der Waals surface area contributed by atoms with Crippen LogP contribution in [0.4, 0.5) is 0 Å². The SMILES string of the molecule is O=CN1CC(C(=O)O)C(c2ccccc2)C1. The summed E-state index contributed by atoms with van der Waals surface area (Å²) in [5.41, 5.74) is 0.985. The molecule has 0 radical (unpaired) electrons. The molecule has 1 aliphatic heterocycles. The molecule has 0 bridgehead atoms. The zero-order chi connectivity index (χ0) is 11.5. The molecule has 0 saturated carbocycles. The van der Waals surface area contributed by atoms with Crippen molar-refractivity contribution in [1.82, 2.24) is 4.90 Å². The molecule has 0 aromatic heterocycles. The van der Waals surface area contributed by atoms with Gasteiger partial charge in [0.15, 0.2) is 0 Å². The second-order valence-electron chi connectivity index (χ2n) is 4.02. The van der Waals surface area contributed by atoms with E-state index in [4.69, 9.17) is 5.11 Å². The molecule has 16 heavy (non-hydrogen) atoms. The molecule has 0 spiro atoms. The van der Waals surface area contributed by atoms with Crippen molar-refractivity contribution in [3.05, 3.63) is 35.9 Å². The predicted molar refractivity (Wildman–Crippen MR) is 57.9 cm³/mol. The standard InChI is InChI=1S/C12H13NO3/c14-8-13-6-10(11(7-13)12(15)16)9-4-2-1-3-5-9/h1-5,8,10-11H,6-7H2,(H,15,16). The van der Waals surface area contributed by atoms with Crippen molar-refractivity contribution in [3.63, 3.8) is 0 Å². The van der Waals surface area contributed by atoms with Crippen molar-refractivity contribution in [2.75, 3.05) is 13.1 Å². The Kier molecular flexibility index (Phi) is 2.90. The van der Waals surface area contributed by atoms with Crippen molar-refractivity contribution < 1.29 is 14.7 Å². The number of nitrogens with zero attached hydrogens (tertiary/aromatic N) is 1. The third-order valence-corrected chi connectivity index (χ3v) is 3.04. The molecule has 1 aliphatic rings. The predicted octanol–water partition coefficient (Wildman–Crippen LogP) is 0.943. The summed E-state index contributed by atoms with van der Waals surface area (Å²) in [7, 11) is 0. The quantitative estimate of drug-likeness (QED) is 0.770. The highest BCUT2D eigenvalue weighted by Gasteiger charge is 2.37. The van der Waals surface area contributed by atoms with Crippen molar-refractivity contribution in [3.8, 4) is 0 Å². The molecular formula is C12H13NO3. The number of rotatable bonds is 3. The summed E-state index contributed by atoms with van der Waals surface area (Å²) in [4.78, 5) is 23.3. The lowest BCUT2D eigenvalue weighted by atomic mass is 9.89. The van der Waals surface area contributed by atoms with Gasteiger partial charge >= 0.3 is 5.97 Å². The zero-order valence-electron chi connectivity index (χ0n) is 8.74. The van der Waals surface area contributed by atoms with Gasteiger partial charge in [0.1, 0.15) is 0 Å². The Morgan fingerprint density at radius 2 is 2.00 bits per heavy atom. The smallest absolute Gasteiger partial charge is 0.308 e. The molecule has 4 heteroatoms. The highest BCUT2D eigenvalue weighted by molar-refractivity contribution is 5.73.